The van der Waals surface area contributed by atoms with E-state index in [1.54, 1.807) is 0 Å². The second-order valence-corrected chi connectivity index (χ2v) is 12.1. The molecule has 1 aliphatic heterocycles. The van der Waals surface area contributed by atoms with Crippen LogP contribution in [0.25, 0.3) is 0 Å². The molecule has 1 saturated heterocycles. The minimum absolute atomic E-state index is 0.124. The van der Waals surface area contributed by atoms with Gasteiger partial charge in [0.05, 0.1) is 0 Å². The number of nitrogens with zero attached hydrogens (tertiary/aromatic N) is 2. The summed E-state index contributed by atoms with van der Waals surface area (Å²) in [5, 5.41) is 0. The van der Waals surface area contributed by atoms with Crippen LogP contribution in [0.1, 0.15) is 0 Å². The topological polar surface area (TPSA) is 74.8 Å². The van der Waals surface area contributed by atoms with E-state index in [2.05, 4.69) is 0 Å². The predicted octanol–water partition coefficient (Wildman–Crippen LogP) is 1.91. The fourth-order valence-electron chi connectivity index (χ4n) is 1.83. The zero-order chi connectivity index (χ0) is 19.1. The number of sulfonamides is 2. The Hall–Kier alpha value is 0.860. The van der Waals surface area contributed by atoms with Gasteiger partial charge in [0.1, 0.15) is 0 Å². The Morgan fingerprint density at radius 2 is 0.875 bits per heavy atom. The second kappa shape index (κ2) is 7.47. The summed E-state index contributed by atoms with van der Waals surface area (Å²) < 4.78 is 120. The van der Waals surface area contributed by atoms with Gasteiger partial charge in [0.2, 0.25) is 0 Å². The van der Waals surface area contributed by atoms with Crippen molar-refractivity contribution in [2.24, 2.45) is 0 Å². The maximum absolute atomic E-state index is 12.6. The largest absolute Gasteiger partial charge is 0.511 e. The van der Waals surface area contributed by atoms with Crippen molar-refractivity contribution in [1.29, 1.82) is 0 Å². The van der Waals surface area contributed by atoms with Gasteiger partial charge in [-0.1, -0.05) is 45.2 Å². The van der Waals surface area contributed by atoms with E-state index in [1.807, 2.05) is 0 Å². The molecule has 0 radical (unpaired) electrons. The first-order valence-corrected chi connectivity index (χ1v) is 11.3. The molecular weight excluding hydrogens is 620 g/mol. The summed E-state index contributed by atoms with van der Waals surface area (Å²) in [5.41, 5.74) is -11.1. The van der Waals surface area contributed by atoms with Crippen LogP contribution >= 0.6 is 45.2 Å². The quantitative estimate of drug-likeness (QED) is 0.266. The Labute approximate surface area is 161 Å². The maximum atomic E-state index is 12.6. The Balaban J connectivity index is 3.12. The van der Waals surface area contributed by atoms with Crippen LogP contribution in [0, 0.1) is 0 Å². The first kappa shape index (κ1) is 22.9. The molecule has 0 aliphatic carbocycles. The van der Waals surface area contributed by atoms with Crippen LogP contribution in [0.4, 0.5) is 26.3 Å². The average Bonchev–Trinajstić information content (AvgIpc) is 2.32. The molecule has 1 heterocycles. The molecule has 0 aromatic carbocycles. The molecule has 0 aromatic heterocycles. The zero-order valence-electron chi connectivity index (χ0n) is 11.4. The lowest BCUT2D eigenvalue weighted by atomic mass is 10.3. The van der Waals surface area contributed by atoms with Crippen molar-refractivity contribution in [2.75, 3.05) is 26.2 Å². The number of hydrogen-bond donors (Lipinski definition) is 0. The lowest BCUT2D eigenvalue weighted by Gasteiger charge is -2.34. The van der Waals surface area contributed by atoms with Crippen LogP contribution in [0.2, 0.25) is 0 Å². The number of halogens is 8. The standard InChI is InChI=1S/C8H10F6I2N2O4S2/c9-7(10,11)23(19,20)17-1-5(15)2-18(4-6(16)3-17)24(21,22)8(12,13)14/h5-6H,1-4H2. The first-order valence-electron chi connectivity index (χ1n) is 5.91. The highest BCUT2D eigenvalue weighted by molar-refractivity contribution is 14.1. The molecule has 0 amide bonds. The van der Waals surface area contributed by atoms with E-state index in [0.29, 0.717) is 0 Å². The van der Waals surface area contributed by atoms with Crippen LogP contribution in [-0.4, -0.2) is 70.5 Å². The Bertz CT molecular complexity index is 595. The van der Waals surface area contributed by atoms with Gasteiger partial charge in [0.15, 0.2) is 0 Å². The molecule has 24 heavy (non-hydrogen) atoms. The molecule has 1 rings (SSSR count). The SMILES string of the molecule is O=S(=O)(N1CC(I)CN(S(=O)(=O)C(F)(F)F)CC(I)C1)C(F)(F)F. The minimum Gasteiger partial charge on any atom is -0.203 e. The van der Waals surface area contributed by atoms with Gasteiger partial charge < -0.3 is 0 Å². The van der Waals surface area contributed by atoms with E-state index >= 15 is 0 Å². The molecule has 0 atom stereocenters. The van der Waals surface area contributed by atoms with Crippen molar-refractivity contribution in [3.05, 3.63) is 0 Å². The van der Waals surface area contributed by atoms with Gasteiger partial charge in [-0.2, -0.15) is 35.0 Å². The summed E-state index contributed by atoms with van der Waals surface area (Å²) in [7, 11) is -11.3. The van der Waals surface area contributed by atoms with Crippen LogP contribution in [0.3, 0.4) is 0 Å². The van der Waals surface area contributed by atoms with E-state index in [4.69, 9.17) is 0 Å². The van der Waals surface area contributed by atoms with E-state index < -0.39 is 65.1 Å². The molecule has 144 valence electrons. The van der Waals surface area contributed by atoms with Gasteiger partial charge in [-0.15, -0.1) is 0 Å². The lowest BCUT2D eigenvalue weighted by molar-refractivity contribution is -0.0496. The third-order valence-corrected chi connectivity index (χ3v) is 7.57. The summed E-state index contributed by atoms with van der Waals surface area (Å²) in [6.07, 6.45) is 0. The van der Waals surface area contributed by atoms with Crippen LogP contribution in [0.15, 0.2) is 0 Å². The zero-order valence-corrected chi connectivity index (χ0v) is 17.3. The van der Waals surface area contributed by atoms with Crippen molar-refractivity contribution in [3.8, 4) is 0 Å². The third-order valence-electron chi connectivity index (χ3n) is 2.87. The number of hydrogen-bond acceptors (Lipinski definition) is 4. The highest BCUT2D eigenvalue weighted by Gasteiger charge is 2.53. The highest BCUT2D eigenvalue weighted by atomic mass is 127. The summed E-state index contributed by atoms with van der Waals surface area (Å²) in [4.78, 5) is 0. The summed E-state index contributed by atoms with van der Waals surface area (Å²) >= 11 is 2.85. The highest BCUT2D eigenvalue weighted by Crippen LogP contribution is 2.32. The van der Waals surface area contributed by atoms with E-state index in [-0.39, 0.29) is 8.61 Å². The molecule has 0 aromatic rings. The maximum Gasteiger partial charge on any atom is 0.511 e. The molecule has 1 aliphatic rings. The van der Waals surface area contributed by atoms with Gasteiger partial charge in [-0.05, 0) is 0 Å². The summed E-state index contributed by atoms with van der Waals surface area (Å²) in [5.74, 6) is 0. The number of alkyl halides is 8. The van der Waals surface area contributed by atoms with Gasteiger partial charge in [0, 0.05) is 34.0 Å². The Morgan fingerprint density at radius 1 is 0.667 bits per heavy atom. The first-order chi connectivity index (χ1) is 10.5. The van der Waals surface area contributed by atoms with E-state index in [1.165, 1.54) is 45.2 Å². The molecule has 0 N–H and O–H groups in total. The van der Waals surface area contributed by atoms with Gasteiger partial charge in [0.25, 0.3) is 0 Å². The van der Waals surface area contributed by atoms with Crippen LogP contribution in [-0.2, 0) is 20.0 Å². The molecule has 0 bridgehead atoms. The molecular formula is C8H10F6I2N2O4S2. The van der Waals surface area contributed by atoms with Crippen LogP contribution < -0.4 is 0 Å². The average molecular weight is 630 g/mol. The lowest BCUT2D eigenvalue weighted by Crippen LogP contribution is -2.54. The predicted molar refractivity (Wildman–Crippen MR) is 88.7 cm³/mol. The van der Waals surface area contributed by atoms with E-state index in [9.17, 15) is 43.2 Å². The van der Waals surface area contributed by atoms with Crippen molar-refractivity contribution < 1.29 is 43.2 Å². The second-order valence-electron chi connectivity index (χ2n) is 4.73. The van der Waals surface area contributed by atoms with Crippen LogP contribution in [0.5, 0.6) is 0 Å². The molecule has 0 spiro atoms. The monoisotopic (exact) mass is 630 g/mol. The molecule has 0 unspecified atom stereocenters. The summed E-state index contributed by atoms with van der Waals surface area (Å²) in [6.45, 7) is -3.03. The van der Waals surface area contributed by atoms with E-state index in [0.717, 1.165) is 0 Å². The van der Waals surface area contributed by atoms with Gasteiger partial charge in [-0.3, -0.25) is 0 Å². The van der Waals surface area contributed by atoms with Crippen molar-refractivity contribution >= 4 is 65.2 Å². The fourth-order valence-corrected chi connectivity index (χ4v) is 6.90. The van der Waals surface area contributed by atoms with Crippen molar-refractivity contribution in [3.63, 3.8) is 0 Å². The normalized spacial score (nSPS) is 26.8. The summed E-state index contributed by atoms with van der Waals surface area (Å²) in [6, 6.07) is 0. The molecule has 1 fully saturated rings. The number of rotatable bonds is 2. The van der Waals surface area contributed by atoms with Crippen molar-refractivity contribution in [1.82, 2.24) is 8.61 Å². The van der Waals surface area contributed by atoms with Crippen molar-refractivity contribution in [2.45, 2.75) is 18.9 Å². The Kier molecular flexibility index (Phi) is 7.13. The third kappa shape index (κ3) is 4.97. The minimum atomic E-state index is -5.65. The smallest absolute Gasteiger partial charge is 0.203 e. The molecule has 0 saturated carbocycles. The Morgan fingerprint density at radius 3 is 1.04 bits per heavy atom. The van der Waals surface area contributed by atoms with Gasteiger partial charge in [-0.25, -0.2) is 16.8 Å². The molecule has 6 nitrogen and oxygen atoms in total. The fraction of sp³-hybridized carbons (Fsp3) is 1.00. The van der Waals surface area contributed by atoms with Gasteiger partial charge >= 0.3 is 31.1 Å². The molecule has 16 heteroatoms.